The van der Waals surface area contributed by atoms with E-state index < -0.39 is 0 Å². The Balaban J connectivity index is 2.83. The lowest BCUT2D eigenvalue weighted by atomic mass is 10.1. The van der Waals surface area contributed by atoms with Crippen molar-refractivity contribution in [1.29, 1.82) is 0 Å². The quantitative estimate of drug-likeness (QED) is 0.810. The van der Waals surface area contributed by atoms with Crippen molar-refractivity contribution >= 4 is 17.2 Å². The van der Waals surface area contributed by atoms with Crippen LogP contribution in [0, 0.1) is 12.8 Å². The van der Waals surface area contributed by atoms with Crippen molar-refractivity contribution in [1.82, 2.24) is 9.88 Å². The minimum atomic E-state index is 0.0491. The SMILES string of the molecule is Cc1nc(C(=O)N(CC(C)C)C(C)C)cs1. The van der Waals surface area contributed by atoms with E-state index in [9.17, 15) is 4.79 Å². The van der Waals surface area contributed by atoms with Gasteiger partial charge < -0.3 is 4.90 Å². The summed E-state index contributed by atoms with van der Waals surface area (Å²) in [5, 5.41) is 2.78. The van der Waals surface area contributed by atoms with Gasteiger partial charge >= 0.3 is 0 Å². The number of aromatic nitrogens is 1. The van der Waals surface area contributed by atoms with Gasteiger partial charge in [-0.05, 0) is 26.7 Å². The Bertz CT molecular complexity index is 358. The summed E-state index contributed by atoms with van der Waals surface area (Å²) < 4.78 is 0. The third kappa shape index (κ3) is 3.30. The summed E-state index contributed by atoms with van der Waals surface area (Å²) in [4.78, 5) is 18.3. The van der Waals surface area contributed by atoms with Crippen molar-refractivity contribution in [2.75, 3.05) is 6.54 Å². The predicted octanol–water partition coefficient (Wildman–Crippen LogP) is 2.96. The molecule has 0 radical (unpaired) electrons. The van der Waals surface area contributed by atoms with Crippen LogP contribution in [0.1, 0.15) is 43.2 Å². The molecule has 0 N–H and O–H groups in total. The highest BCUT2D eigenvalue weighted by Crippen LogP contribution is 2.13. The molecule has 1 amide bonds. The Kier molecular flexibility index (Phi) is 4.47. The minimum absolute atomic E-state index is 0.0491. The first kappa shape index (κ1) is 13.2. The molecule has 0 spiro atoms. The molecule has 0 fully saturated rings. The first-order chi connectivity index (χ1) is 7.41. The number of hydrogen-bond donors (Lipinski definition) is 0. The molecule has 4 heteroatoms. The maximum Gasteiger partial charge on any atom is 0.273 e. The van der Waals surface area contributed by atoms with Crippen molar-refractivity contribution < 1.29 is 4.79 Å². The second-order valence-electron chi connectivity index (χ2n) is 4.70. The Morgan fingerprint density at radius 1 is 1.44 bits per heavy atom. The van der Waals surface area contributed by atoms with Gasteiger partial charge in [-0.1, -0.05) is 13.8 Å². The number of hydrogen-bond acceptors (Lipinski definition) is 3. The van der Waals surface area contributed by atoms with Crippen molar-refractivity contribution in [2.45, 2.75) is 40.7 Å². The van der Waals surface area contributed by atoms with Gasteiger partial charge in [0.2, 0.25) is 0 Å². The highest BCUT2D eigenvalue weighted by Gasteiger charge is 2.21. The topological polar surface area (TPSA) is 33.2 Å². The Morgan fingerprint density at radius 3 is 2.44 bits per heavy atom. The molecule has 0 unspecified atom stereocenters. The monoisotopic (exact) mass is 240 g/mol. The minimum Gasteiger partial charge on any atom is -0.335 e. The molecule has 3 nitrogen and oxygen atoms in total. The van der Waals surface area contributed by atoms with Gasteiger partial charge in [0.1, 0.15) is 5.69 Å². The van der Waals surface area contributed by atoms with Gasteiger partial charge in [-0.3, -0.25) is 4.79 Å². The highest BCUT2D eigenvalue weighted by molar-refractivity contribution is 7.09. The summed E-state index contributed by atoms with van der Waals surface area (Å²) >= 11 is 1.52. The Morgan fingerprint density at radius 2 is 2.06 bits per heavy atom. The maximum absolute atomic E-state index is 12.2. The lowest BCUT2D eigenvalue weighted by Gasteiger charge is -2.27. The fourth-order valence-corrected chi connectivity index (χ4v) is 2.12. The lowest BCUT2D eigenvalue weighted by Crippen LogP contribution is -2.39. The normalized spacial score (nSPS) is 11.2. The zero-order chi connectivity index (χ0) is 12.3. The molecule has 0 saturated heterocycles. The van der Waals surface area contributed by atoms with Crippen molar-refractivity contribution in [3.63, 3.8) is 0 Å². The molecule has 1 aromatic heterocycles. The smallest absolute Gasteiger partial charge is 0.273 e. The molecule has 1 rings (SSSR count). The summed E-state index contributed by atoms with van der Waals surface area (Å²) in [5.74, 6) is 0.527. The molecule has 1 aromatic rings. The number of carbonyl (C=O) groups excluding carboxylic acids is 1. The maximum atomic E-state index is 12.2. The van der Waals surface area contributed by atoms with E-state index in [0.29, 0.717) is 11.6 Å². The van der Waals surface area contributed by atoms with Crippen LogP contribution in [0.25, 0.3) is 0 Å². The molecule has 0 aliphatic carbocycles. The Labute approximate surface area is 101 Å². The largest absolute Gasteiger partial charge is 0.335 e. The Hall–Kier alpha value is -0.900. The fourth-order valence-electron chi connectivity index (χ4n) is 1.53. The summed E-state index contributed by atoms with van der Waals surface area (Å²) in [5.41, 5.74) is 0.580. The van der Waals surface area contributed by atoms with Crippen LogP contribution in [0.4, 0.5) is 0 Å². The van der Waals surface area contributed by atoms with Crippen LogP contribution in [0.15, 0.2) is 5.38 Å². The molecule has 0 aliphatic rings. The number of nitrogens with zero attached hydrogens (tertiary/aromatic N) is 2. The van der Waals surface area contributed by atoms with Crippen molar-refractivity contribution in [3.05, 3.63) is 16.1 Å². The molecular formula is C12H20N2OS. The molecule has 0 atom stereocenters. The second kappa shape index (κ2) is 5.43. The molecule has 0 bridgehead atoms. The molecule has 0 saturated carbocycles. The number of thiazole rings is 1. The van der Waals surface area contributed by atoms with Crippen LogP contribution in [0.3, 0.4) is 0 Å². The molecule has 1 heterocycles. The lowest BCUT2D eigenvalue weighted by molar-refractivity contribution is 0.0676. The van der Waals surface area contributed by atoms with Gasteiger partial charge in [-0.2, -0.15) is 0 Å². The highest BCUT2D eigenvalue weighted by atomic mass is 32.1. The zero-order valence-corrected chi connectivity index (χ0v) is 11.5. The number of amides is 1. The third-order valence-electron chi connectivity index (χ3n) is 2.28. The average molecular weight is 240 g/mol. The van der Waals surface area contributed by atoms with Gasteiger partial charge in [0.05, 0.1) is 5.01 Å². The van der Waals surface area contributed by atoms with Crippen molar-refractivity contribution in [2.24, 2.45) is 5.92 Å². The van der Waals surface area contributed by atoms with E-state index >= 15 is 0 Å². The van der Waals surface area contributed by atoms with Crippen LogP contribution in [-0.4, -0.2) is 28.4 Å². The number of rotatable bonds is 4. The van der Waals surface area contributed by atoms with E-state index in [1.54, 1.807) is 0 Å². The molecule has 0 aromatic carbocycles. The van der Waals surface area contributed by atoms with Crippen LogP contribution >= 0.6 is 11.3 Å². The fraction of sp³-hybridized carbons (Fsp3) is 0.667. The number of aryl methyl sites for hydroxylation is 1. The van der Waals surface area contributed by atoms with E-state index in [1.807, 2.05) is 31.1 Å². The average Bonchev–Trinajstić information content (AvgIpc) is 2.59. The summed E-state index contributed by atoms with van der Waals surface area (Å²) in [6, 6.07) is 0.219. The predicted molar refractivity (Wildman–Crippen MR) is 67.9 cm³/mol. The first-order valence-corrected chi connectivity index (χ1v) is 6.53. The van der Waals surface area contributed by atoms with Gasteiger partial charge in [-0.25, -0.2) is 4.98 Å². The standard InChI is InChI=1S/C12H20N2OS/c1-8(2)6-14(9(3)4)12(15)11-7-16-10(5)13-11/h7-9H,6H2,1-5H3. The number of carbonyl (C=O) groups is 1. The van der Waals surface area contributed by atoms with Crippen LogP contribution in [-0.2, 0) is 0 Å². The third-order valence-corrected chi connectivity index (χ3v) is 3.06. The van der Waals surface area contributed by atoms with E-state index in [1.165, 1.54) is 11.3 Å². The van der Waals surface area contributed by atoms with E-state index in [0.717, 1.165) is 11.6 Å². The van der Waals surface area contributed by atoms with Crippen molar-refractivity contribution in [3.8, 4) is 0 Å². The van der Waals surface area contributed by atoms with E-state index in [2.05, 4.69) is 18.8 Å². The second-order valence-corrected chi connectivity index (χ2v) is 5.76. The van der Waals surface area contributed by atoms with Crippen LogP contribution in [0.2, 0.25) is 0 Å². The van der Waals surface area contributed by atoms with E-state index in [4.69, 9.17) is 0 Å². The molecule has 0 aliphatic heterocycles. The van der Waals surface area contributed by atoms with Crippen LogP contribution in [0.5, 0.6) is 0 Å². The first-order valence-electron chi connectivity index (χ1n) is 5.65. The molecule has 16 heavy (non-hydrogen) atoms. The molecule has 90 valence electrons. The van der Waals surface area contributed by atoms with Gasteiger partial charge in [0, 0.05) is 18.0 Å². The van der Waals surface area contributed by atoms with Crippen LogP contribution < -0.4 is 0 Å². The van der Waals surface area contributed by atoms with Gasteiger partial charge in [0.25, 0.3) is 5.91 Å². The zero-order valence-electron chi connectivity index (χ0n) is 10.7. The van der Waals surface area contributed by atoms with E-state index in [-0.39, 0.29) is 11.9 Å². The summed E-state index contributed by atoms with van der Waals surface area (Å²) in [6.07, 6.45) is 0. The van der Waals surface area contributed by atoms with Gasteiger partial charge in [0.15, 0.2) is 0 Å². The summed E-state index contributed by atoms with van der Waals surface area (Å²) in [7, 11) is 0. The molecular weight excluding hydrogens is 220 g/mol. The summed E-state index contributed by atoms with van der Waals surface area (Å²) in [6.45, 7) is 11.0. The van der Waals surface area contributed by atoms with Gasteiger partial charge in [-0.15, -0.1) is 11.3 Å².